The molecule has 0 aromatic carbocycles. The van der Waals surface area contributed by atoms with E-state index in [0.717, 1.165) is 19.6 Å². The number of ether oxygens (including phenoxy) is 1. The Labute approximate surface area is 107 Å². The minimum absolute atomic E-state index is 0.0475. The minimum atomic E-state index is -0.0792. The number of nitrogens with one attached hydrogen (secondary N) is 2. The van der Waals surface area contributed by atoms with Gasteiger partial charge in [0, 0.05) is 12.7 Å². The largest absolute Gasteiger partial charge is 0.482 e. The highest BCUT2D eigenvalue weighted by atomic mass is 16.5. The fraction of sp³-hybridized carbons (Fsp3) is 0.538. The van der Waals surface area contributed by atoms with Crippen molar-refractivity contribution in [1.29, 1.82) is 0 Å². The number of nitrogens with zero attached hydrogens (tertiary/aromatic N) is 1. The van der Waals surface area contributed by atoms with Gasteiger partial charge in [-0.1, -0.05) is 0 Å². The molecule has 0 aliphatic carbocycles. The van der Waals surface area contributed by atoms with Crippen LogP contribution in [0.1, 0.15) is 12.8 Å². The molecule has 1 aliphatic rings. The van der Waals surface area contributed by atoms with E-state index < -0.39 is 0 Å². The van der Waals surface area contributed by atoms with E-state index >= 15 is 0 Å². The number of hydrogen-bond donors (Lipinski definition) is 2. The second kappa shape index (κ2) is 6.96. The number of piperidine rings is 1. The molecule has 1 aliphatic heterocycles. The first-order valence-corrected chi connectivity index (χ1v) is 6.35. The van der Waals surface area contributed by atoms with Crippen LogP contribution in [0.15, 0.2) is 24.5 Å². The van der Waals surface area contributed by atoms with Gasteiger partial charge in [-0.05, 0) is 44.0 Å². The first kappa shape index (κ1) is 12.8. The molecule has 1 saturated heterocycles. The van der Waals surface area contributed by atoms with E-state index in [4.69, 9.17) is 4.74 Å². The number of hydrogen-bond acceptors (Lipinski definition) is 4. The Balaban J connectivity index is 1.63. The Kier molecular flexibility index (Phi) is 4.96. The first-order valence-electron chi connectivity index (χ1n) is 6.35. The lowest BCUT2D eigenvalue weighted by Crippen LogP contribution is -2.39. The molecule has 0 spiro atoms. The van der Waals surface area contributed by atoms with Crippen molar-refractivity contribution in [3.8, 4) is 5.75 Å². The van der Waals surface area contributed by atoms with Crippen molar-refractivity contribution in [3.05, 3.63) is 24.5 Å². The van der Waals surface area contributed by atoms with Crippen molar-refractivity contribution in [2.24, 2.45) is 5.92 Å². The van der Waals surface area contributed by atoms with Gasteiger partial charge in [-0.25, -0.2) is 0 Å². The second-order valence-corrected chi connectivity index (χ2v) is 4.49. The highest BCUT2D eigenvalue weighted by Gasteiger charge is 2.13. The molecule has 98 valence electrons. The van der Waals surface area contributed by atoms with Crippen LogP contribution < -0.4 is 15.4 Å². The maximum Gasteiger partial charge on any atom is 0.257 e. The molecule has 1 fully saturated rings. The summed E-state index contributed by atoms with van der Waals surface area (Å²) in [5.74, 6) is 1.08. The Morgan fingerprint density at radius 1 is 1.61 bits per heavy atom. The maximum atomic E-state index is 11.6. The van der Waals surface area contributed by atoms with Crippen LogP contribution in [0.3, 0.4) is 0 Å². The zero-order valence-corrected chi connectivity index (χ0v) is 10.4. The number of amides is 1. The molecule has 1 aromatic heterocycles. The third-order valence-corrected chi connectivity index (χ3v) is 2.99. The fourth-order valence-corrected chi connectivity index (χ4v) is 1.99. The van der Waals surface area contributed by atoms with Crippen LogP contribution in [0.5, 0.6) is 5.75 Å². The summed E-state index contributed by atoms with van der Waals surface area (Å²) in [7, 11) is 0. The molecule has 5 nitrogen and oxygen atoms in total. The summed E-state index contributed by atoms with van der Waals surface area (Å²) in [6.07, 6.45) is 5.63. The average Bonchev–Trinajstić information content (AvgIpc) is 2.45. The molecular formula is C13H19N3O2. The second-order valence-electron chi connectivity index (χ2n) is 4.49. The molecule has 2 heterocycles. The molecule has 1 amide bonds. The molecule has 5 heteroatoms. The Hall–Kier alpha value is -1.62. The minimum Gasteiger partial charge on any atom is -0.482 e. The number of carbonyl (C=O) groups excluding carboxylic acids is 1. The molecule has 1 atom stereocenters. The Bertz CT molecular complexity index is 364. The lowest BCUT2D eigenvalue weighted by Gasteiger charge is -2.22. The summed E-state index contributed by atoms with van der Waals surface area (Å²) < 4.78 is 5.32. The number of aromatic nitrogens is 1. The monoisotopic (exact) mass is 249 g/mol. The highest BCUT2D eigenvalue weighted by molar-refractivity contribution is 5.77. The van der Waals surface area contributed by atoms with Crippen LogP contribution in [0, 0.1) is 5.92 Å². The van der Waals surface area contributed by atoms with Gasteiger partial charge in [0.15, 0.2) is 6.61 Å². The molecule has 2 rings (SSSR count). The number of carbonyl (C=O) groups is 1. The Morgan fingerprint density at radius 2 is 2.56 bits per heavy atom. The zero-order valence-electron chi connectivity index (χ0n) is 10.4. The van der Waals surface area contributed by atoms with E-state index in [-0.39, 0.29) is 12.5 Å². The van der Waals surface area contributed by atoms with Crippen LogP contribution in [0.2, 0.25) is 0 Å². The standard InChI is InChI=1S/C13H19N3O2/c17-13(10-18-12-4-2-6-15-9-12)16-8-11-3-1-5-14-7-11/h2,4,6,9,11,14H,1,3,5,7-8,10H2,(H,16,17). The van der Waals surface area contributed by atoms with Gasteiger partial charge >= 0.3 is 0 Å². The van der Waals surface area contributed by atoms with Crippen molar-refractivity contribution in [1.82, 2.24) is 15.6 Å². The summed E-state index contributed by atoms with van der Waals surface area (Å²) in [6.45, 7) is 2.85. The number of pyridine rings is 1. The van der Waals surface area contributed by atoms with E-state index in [1.807, 2.05) is 0 Å². The van der Waals surface area contributed by atoms with Crippen molar-refractivity contribution in [3.63, 3.8) is 0 Å². The third-order valence-electron chi connectivity index (χ3n) is 2.99. The van der Waals surface area contributed by atoms with Crippen LogP contribution >= 0.6 is 0 Å². The van der Waals surface area contributed by atoms with Gasteiger partial charge in [0.25, 0.3) is 5.91 Å². The molecule has 18 heavy (non-hydrogen) atoms. The van der Waals surface area contributed by atoms with E-state index in [9.17, 15) is 4.79 Å². The summed E-state index contributed by atoms with van der Waals surface area (Å²) >= 11 is 0. The van der Waals surface area contributed by atoms with Crippen LogP contribution in [0.25, 0.3) is 0 Å². The highest BCUT2D eigenvalue weighted by Crippen LogP contribution is 2.08. The summed E-state index contributed by atoms with van der Waals surface area (Å²) in [4.78, 5) is 15.5. The molecule has 0 radical (unpaired) electrons. The van der Waals surface area contributed by atoms with Gasteiger partial charge in [0.1, 0.15) is 5.75 Å². The van der Waals surface area contributed by atoms with Crippen LogP contribution in [-0.2, 0) is 4.79 Å². The SMILES string of the molecule is O=C(COc1cccnc1)NCC1CCCNC1. The lowest BCUT2D eigenvalue weighted by atomic mass is 10.00. The van der Waals surface area contributed by atoms with Crippen molar-refractivity contribution in [2.45, 2.75) is 12.8 Å². The predicted octanol–water partition coefficient (Wildman–Crippen LogP) is 0.576. The molecule has 1 aromatic rings. The van der Waals surface area contributed by atoms with Crippen molar-refractivity contribution >= 4 is 5.91 Å². The van der Waals surface area contributed by atoms with E-state index in [1.54, 1.807) is 24.5 Å². The van der Waals surface area contributed by atoms with Gasteiger partial charge < -0.3 is 15.4 Å². The van der Waals surface area contributed by atoms with E-state index in [2.05, 4.69) is 15.6 Å². The smallest absolute Gasteiger partial charge is 0.257 e. The molecule has 2 N–H and O–H groups in total. The quantitative estimate of drug-likeness (QED) is 0.801. The molecule has 1 unspecified atom stereocenters. The van der Waals surface area contributed by atoms with Crippen molar-refractivity contribution < 1.29 is 9.53 Å². The Morgan fingerprint density at radius 3 is 3.28 bits per heavy atom. The van der Waals surface area contributed by atoms with Gasteiger partial charge in [-0.2, -0.15) is 0 Å². The fourth-order valence-electron chi connectivity index (χ4n) is 1.99. The van der Waals surface area contributed by atoms with Crippen molar-refractivity contribution in [2.75, 3.05) is 26.2 Å². The van der Waals surface area contributed by atoms with Gasteiger partial charge in [0.05, 0.1) is 6.20 Å². The topological polar surface area (TPSA) is 63.2 Å². The van der Waals surface area contributed by atoms with Gasteiger partial charge in [-0.15, -0.1) is 0 Å². The van der Waals surface area contributed by atoms with Crippen LogP contribution in [0.4, 0.5) is 0 Å². The first-order chi connectivity index (χ1) is 8.84. The summed E-state index contributed by atoms with van der Waals surface area (Å²) in [5, 5.41) is 6.22. The lowest BCUT2D eigenvalue weighted by molar-refractivity contribution is -0.123. The number of rotatable bonds is 5. The molecular weight excluding hydrogens is 230 g/mol. The zero-order chi connectivity index (χ0) is 12.6. The molecule has 0 saturated carbocycles. The maximum absolute atomic E-state index is 11.6. The predicted molar refractivity (Wildman–Crippen MR) is 68.3 cm³/mol. The van der Waals surface area contributed by atoms with Gasteiger partial charge in [-0.3, -0.25) is 9.78 Å². The van der Waals surface area contributed by atoms with Crippen LogP contribution in [-0.4, -0.2) is 37.1 Å². The average molecular weight is 249 g/mol. The third kappa shape index (κ3) is 4.33. The molecule has 0 bridgehead atoms. The normalized spacial score (nSPS) is 19.2. The van der Waals surface area contributed by atoms with Gasteiger partial charge in [0.2, 0.25) is 0 Å². The van der Waals surface area contributed by atoms with E-state index in [0.29, 0.717) is 11.7 Å². The summed E-state index contributed by atoms with van der Waals surface area (Å²) in [6, 6.07) is 3.56. The van der Waals surface area contributed by atoms with E-state index in [1.165, 1.54) is 12.8 Å². The summed E-state index contributed by atoms with van der Waals surface area (Å²) in [5.41, 5.74) is 0.